The van der Waals surface area contributed by atoms with E-state index in [1.807, 2.05) is 0 Å². The molecule has 2 aromatic heterocycles. The summed E-state index contributed by atoms with van der Waals surface area (Å²) in [5.41, 5.74) is 1.05. The Labute approximate surface area is 118 Å². The molecule has 0 aliphatic rings. The van der Waals surface area contributed by atoms with Gasteiger partial charge in [-0.15, -0.1) is 11.6 Å². The minimum atomic E-state index is -0.711. The Balaban J connectivity index is 2.23. The van der Waals surface area contributed by atoms with Crippen LogP contribution < -0.4 is 0 Å². The van der Waals surface area contributed by atoms with Gasteiger partial charge in [-0.05, 0) is 13.0 Å². The molecule has 3 aromatic rings. The highest BCUT2D eigenvalue weighted by atomic mass is 35.5. The predicted octanol–water partition coefficient (Wildman–Crippen LogP) is 3.65. The van der Waals surface area contributed by atoms with E-state index in [1.54, 1.807) is 17.6 Å². The van der Waals surface area contributed by atoms with Crippen LogP contribution in [-0.2, 0) is 6.54 Å². The second-order valence-electron chi connectivity index (χ2n) is 4.42. The van der Waals surface area contributed by atoms with E-state index >= 15 is 0 Å². The molecule has 0 spiro atoms. The molecule has 1 aromatic carbocycles. The molecule has 0 fully saturated rings. The lowest BCUT2D eigenvalue weighted by Gasteiger charge is -2.08. The van der Waals surface area contributed by atoms with E-state index < -0.39 is 17.0 Å². The molecule has 0 amide bonds. The van der Waals surface area contributed by atoms with Gasteiger partial charge in [0, 0.05) is 12.1 Å². The molecule has 20 heavy (non-hydrogen) atoms. The molecular weight excluding hydrogens is 288 g/mol. The summed E-state index contributed by atoms with van der Waals surface area (Å²) in [7, 11) is 0. The van der Waals surface area contributed by atoms with Gasteiger partial charge in [0.15, 0.2) is 5.82 Å². The smallest absolute Gasteiger partial charge is 0.153 e. The van der Waals surface area contributed by atoms with Crippen LogP contribution in [0.5, 0.6) is 0 Å². The highest BCUT2D eigenvalue weighted by Crippen LogP contribution is 2.27. The maximum absolute atomic E-state index is 13.8. The Kier molecular flexibility index (Phi) is 3.17. The Morgan fingerprint density at radius 3 is 2.85 bits per heavy atom. The second-order valence-corrected chi connectivity index (χ2v) is 5.07. The highest BCUT2D eigenvalue weighted by molar-refractivity contribution is 6.20. The average molecular weight is 298 g/mol. The molecule has 104 valence electrons. The van der Waals surface area contributed by atoms with Crippen LogP contribution in [0.15, 0.2) is 29.0 Å². The Morgan fingerprint density at radius 2 is 2.20 bits per heavy atom. The monoisotopic (exact) mass is 297 g/mol. The molecule has 4 nitrogen and oxygen atoms in total. The molecule has 0 saturated heterocycles. The average Bonchev–Trinajstić information content (AvgIpc) is 2.98. The van der Waals surface area contributed by atoms with Crippen molar-refractivity contribution in [2.75, 3.05) is 0 Å². The molecule has 3 rings (SSSR count). The minimum Gasteiger partial charge on any atom is -0.364 e. The fraction of sp³-hybridized carbons (Fsp3) is 0.231. The van der Waals surface area contributed by atoms with Gasteiger partial charge in [-0.1, -0.05) is 5.16 Å². The Hall–Kier alpha value is -1.95. The molecule has 1 unspecified atom stereocenters. The van der Waals surface area contributed by atoms with Gasteiger partial charge in [-0.3, -0.25) is 0 Å². The topological polar surface area (TPSA) is 43.9 Å². The molecule has 1 atom stereocenters. The van der Waals surface area contributed by atoms with Crippen LogP contribution in [0.1, 0.15) is 23.8 Å². The number of benzene rings is 1. The molecular formula is C13H10ClF2N3O. The Morgan fingerprint density at radius 1 is 1.40 bits per heavy atom. The van der Waals surface area contributed by atoms with Crippen LogP contribution in [0.2, 0.25) is 0 Å². The van der Waals surface area contributed by atoms with E-state index in [2.05, 4.69) is 10.1 Å². The van der Waals surface area contributed by atoms with Gasteiger partial charge < -0.3 is 9.09 Å². The highest BCUT2D eigenvalue weighted by Gasteiger charge is 2.19. The number of fused-ring (bicyclic) bond motifs is 1. The number of halogens is 3. The first-order chi connectivity index (χ1) is 9.56. The Bertz CT molecular complexity index is 753. The summed E-state index contributed by atoms with van der Waals surface area (Å²) in [6, 6.07) is 3.71. The van der Waals surface area contributed by atoms with Crippen LogP contribution in [0.4, 0.5) is 8.78 Å². The fourth-order valence-electron chi connectivity index (χ4n) is 2.12. The first-order valence-corrected chi connectivity index (χ1v) is 6.38. The lowest BCUT2D eigenvalue weighted by atomic mass is 10.3. The van der Waals surface area contributed by atoms with Crippen molar-refractivity contribution in [2.45, 2.75) is 18.8 Å². The van der Waals surface area contributed by atoms with Crippen LogP contribution in [0, 0.1) is 11.6 Å². The van der Waals surface area contributed by atoms with E-state index in [-0.39, 0.29) is 12.1 Å². The summed E-state index contributed by atoms with van der Waals surface area (Å²) in [6.07, 6.45) is 1.43. The van der Waals surface area contributed by atoms with E-state index in [0.29, 0.717) is 17.0 Å². The number of imidazole rings is 1. The lowest BCUT2D eigenvalue weighted by molar-refractivity contribution is 0.409. The number of hydrogen-bond acceptors (Lipinski definition) is 3. The number of aromatic nitrogens is 3. The van der Waals surface area contributed by atoms with Gasteiger partial charge in [0.25, 0.3) is 0 Å². The fourth-order valence-corrected chi connectivity index (χ4v) is 2.28. The molecule has 0 N–H and O–H groups in total. The summed E-state index contributed by atoms with van der Waals surface area (Å²) in [5, 5.41) is 3.34. The van der Waals surface area contributed by atoms with Crippen molar-refractivity contribution < 1.29 is 13.3 Å². The molecule has 0 aliphatic heterocycles. The minimum absolute atomic E-state index is 0.0948. The van der Waals surface area contributed by atoms with Crippen LogP contribution >= 0.6 is 11.6 Å². The first kappa shape index (κ1) is 13.1. The van der Waals surface area contributed by atoms with E-state index in [0.717, 1.165) is 6.07 Å². The van der Waals surface area contributed by atoms with Crippen molar-refractivity contribution in [2.24, 2.45) is 0 Å². The van der Waals surface area contributed by atoms with Gasteiger partial charge in [0.2, 0.25) is 0 Å². The third-order valence-corrected chi connectivity index (χ3v) is 3.16. The predicted molar refractivity (Wildman–Crippen MR) is 69.5 cm³/mol. The summed E-state index contributed by atoms with van der Waals surface area (Å²) in [4.78, 5) is 4.16. The SMILES string of the molecule is CC(Cl)c1nc2c(F)cc(F)cc2n1Cc1ccon1. The third kappa shape index (κ3) is 2.16. The maximum Gasteiger partial charge on any atom is 0.153 e. The standard InChI is InChI=1S/C13H10ClF2N3O/c1-7(14)13-17-12-10(16)4-8(15)5-11(12)19(13)6-9-2-3-20-18-9/h2-5,7H,6H2,1H3. The molecule has 0 saturated carbocycles. The molecule has 2 heterocycles. The van der Waals surface area contributed by atoms with Crippen molar-refractivity contribution in [3.63, 3.8) is 0 Å². The van der Waals surface area contributed by atoms with Crippen LogP contribution in [-0.4, -0.2) is 14.7 Å². The largest absolute Gasteiger partial charge is 0.364 e. The number of nitrogens with zero attached hydrogens (tertiary/aromatic N) is 3. The second kappa shape index (κ2) is 4.86. The van der Waals surface area contributed by atoms with E-state index in [1.165, 1.54) is 12.3 Å². The van der Waals surface area contributed by atoms with Gasteiger partial charge in [0.05, 0.1) is 17.4 Å². The van der Waals surface area contributed by atoms with Crippen molar-refractivity contribution in [1.29, 1.82) is 0 Å². The number of alkyl halides is 1. The normalized spacial score (nSPS) is 13.0. The lowest BCUT2D eigenvalue weighted by Crippen LogP contribution is -2.06. The zero-order valence-corrected chi connectivity index (χ0v) is 11.2. The number of rotatable bonds is 3. The van der Waals surface area contributed by atoms with Gasteiger partial charge >= 0.3 is 0 Å². The summed E-state index contributed by atoms with van der Waals surface area (Å²) < 4.78 is 33.6. The summed E-state index contributed by atoms with van der Waals surface area (Å²) in [6.45, 7) is 2.00. The van der Waals surface area contributed by atoms with Crippen molar-refractivity contribution >= 4 is 22.6 Å². The molecule has 0 aliphatic carbocycles. The quantitative estimate of drug-likeness (QED) is 0.693. The summed E-state index contributed by atoms with van der Waals surface area (Å²) >= 11 is 6.07. The maximum atomic E-state index is 13.8. The van der Waals surface area contributed by atoms with Crippen LogP contribution in [0.25, 0.3) is 11.0 Å². The molecule has 0 radical (unpaired) electrons. The third-order valence-electron chi connectivity index (χ3n) is 2.97. The first-order valence-electron chi connectivity index (χ1n) is 5.95. The molecule has 7 heteroatoms. The summed E-state index contributed by atoms with van der Waals surface area (Å²) in [5.74, 6) is -0.920. The van der Waals surface area contributed by atoms with Gasteiger partial charge in [0.1, 0.15) is 29.1 Å². The van der Waals surface area contributed by atoms with E-state index in [9.17, 15) is 8.78 Å². The molecule has 0 bridgehead atoms. The van der Waals surface area contributed by atoms with E-state index in [4.69, 9.17) is 16.1 Å². The van der Waals surface area contributed by atoms with Crippen molar-refractivity contribution in [1.82, 2.24) is 14.7 Å². The van der Waals surface area contributed by atoms with Crippen molar-refractivity contribution in [3.8, 4) is 0 Å². The number of hydrogen-bond donors (Lipinski definition) is 0. The van der Waals surface area contributed by atoms with Crippen molar-refractivity contribution in [3.05, 3.63) is 47.6 Å². The van der Waals surface area contributed by atoms with Gasteiger partial charge in [-0.25, -0.2) is 13.8 Å². The van der Waals surface area contributed by atoms with Crippen LogP contribution in [0.3, 0.4) is 0 Å². The van der Waals surface area contributed by atoms with Gasteiger partial charge in [-0.2, -0.15) is 0 Å². The zero-order chi connectivity index (χ0) is 14.3. The zero-order valence-electron chi connectivity index (χ0n) is 10.5.